The predicted molar refractivity (Wildman–Crippen MR) is 87.9 cm³/mol. The van der Waals surface area contributed by atoms with Gasteiger partial charge >= 0.3 is 0 Å². The topological polar surface area (TPSA) is 105 Å². The highest BCUT2D eigenvalue weighted by atomic mass is 16.5. The molecule has 3 aliphatic rings. The van der Waals surface area contributed by atoms with Crippen LogP contribution in [0.1, 0.15) is 19.3 Å². The Morgan fingerprint density at radius 1 is 1.29 bits per heavy atom. The van der Waals surface area contributed by atoms with Crippen molar-refractivity contribution in [3.63, 3.8) is 0 Å². The first-order valence-corrected chi connectivity index (χ1v) is 8.04. The number of rotatable bonds is 4. The Morgan fingerprint density at radius 2 is 2.08 bits per heavy atom. The monoisotopic (exact) mass is 322 g/mol. The van der Waals surface area contributed by atoms with Crippen LogP contribution in [0.4, 0.5) is 5.82 Å². The van der Waals surface area contributed by atoms with Gasteiger partial charge < -0.3 is 15.6 Å². The van der Waals surface area contributed by atoms with E-state index >= 15 is 0 Å². The van der Waals surface area contributed by atoms with E-state index in [4.69, 9.17) is 15.7 Å². The second-order valence-electron chi connectivity index (χ2n) is 6.89. The Bertz CT molecular complexity index is 824. The highest BCUT2D eigenvalue weighted by Gasteiger charge is 2.56. The Balaban J connectivity index is 1.53. The summed E-state index contributed by atoms with van der Waals surface area (Å²) >= 11 is 0. The number of aromatic nitrogens is 2. The van der Waals surface area contributed by atoms with E-state index in [-0.39, 0.29) is 22.9 Å². The van der Waals surface area contributed by atoms with Crippen molar-refractivity contribution < 1.29 is 9.84 Å². The summed E-state index contributed by atoms with van der Waals surface area (Å²) in [5.74, 6) is 1.54. The van der Waals surface area contributed by atoms with E-state index in [9.17, 15) is 5.11 Å². The van der Waals surface area contributed by atoms with Crippen molar-refractivity contribution in [3.8, 4) is 28.8 Å². The summed E-state index contributed by atoms with van der Waals surface area (Å²) < 4.78 is 5.94. The second-order valence-corrected chi connectivity index (χ2v) is 6.89. The van der Waals surface area contributed by atoms with E-state index in [1.165, 1.54) is 0 Å². The molecule has 0 spiro atoms. The molecule has 1 aromatic carbocycles. The first kappa shape index (κ1) is 14.8. The van der Waals surface area contributed by atoms with Gasteiger partial charge in [0, 0.05) is 23.0 Å². The molecule has 6 nitrogen and oxygen atoms in total. The minimum absolute atomic E-state index is 0.107. The van der Waals surface area contributed by atoms with Crippen molar-refractivity contribution in [1.29, 1.82) is 5.26 Å². The van der Waals surface area contributed by atoms with Crippen molar-refractivity contribution in [2.75, 3.05) is 12.3 Å². The molecular formula is C18H18N4O2. The van der Waals surface area contributed by atoms with Crippen LogP contribution in [0.25, 0.3) is 11.3 Å². The van der Waals surface area contributed by atoms with Gasteiger partial charge in [-0.05, 0) is 37.3 Å². The molecule has 1 unspecified atom stereocenters. The third-order valence-corrected chi connectivity index (χ3v) is 5.28. The summed E-state index contributed by atoms with van der Waals surface area (Å²) in [4.78, 5) is 0. The number of nitriles is 1. The Hall–Kier alpha value is -2.81. The molecule has 2 bridgehead atoms. The molecule has 24 heavy (non-hydrogen) atoms. The standard InChI is InChI=1S/C18H18N4O2/c19-9-12-8-18(6-11(12)7-18)10-24-16-5-14(21-22-17(16)20)13-3-1-2-4-15(13)23/h1-5,11-12,23H,6-8,10H2,(H2,20,22). The fourth-order valence-corrected chi connectivity index (χ4v) is 4.02. The molecule has 1 heterocycles. The van der Waals surface area contributed by atoms with Gasteiger partial charge in [0.1, 0.15) is 11.4 Å². The lowest BCUT2D eigenvalue weighted by Gasteiger charge is -2.37. The summed E-state index contributed by atoms with van der Waals surface area (Å²) in [5, 5.41) is 27.1. The van der Waals surface area contributed by atoms with Crippen LogP contribution in [0.5, 0.6) is 11.5 Å². The minimum Gasteiger partial charge on any atom is -0.507 e. The zero-order valence-electron chi connectivity index (χ0n) is 13.1. The smallest absolute Gasteiger partial charge is 0.188 e. The van der Waals surface area contributed by atoms with Crippen LogP contribution in [0, 0.1) is 28.6 Å². The van der Waals surface area contributed by atoms with Gasteiger partial charge in [-0.25, -0.2) is 0 Å². The van der Waals surface area contributed by atoms with E-state index in [1.54, 1.807) is 24.3 Å². The Morgan fingerprint density at radius 3 is 2.79 bits per heavy atom. The van der Waals surface area contributed by atoms with Gasteiger partial charge in [-0.1, -0.05) is 12.1 Å². The molecule has 2 aromatic rings. The molecule has 1 atom stereocenters. The molecule has 1 aromatic heterocycles. The van der Waals surface area contributed by atoms with Gasteiger partial charge in [0.25, 0.3) is 0 Å². The molecule has 122 valence electrons. The fraction of sp³-hybridized carbons (Fsp3) is 0.389. The minimum atomic E-state index is 0.107. The number of ether oxygens (including phenoxy) is 1. The summed E-state index contributed by atoms with van der Waals surface area (Å²) in [6.07, 6.45) is 3.00. The van der Waals surface area contributed by atoms with Crippen LogP contribution in [-0.4, -0.2) is 21.9 Å². The van der Waals surface area contributed by atoms with Gasteiger partial charge in [0.15, 0.2) is 11.6 Å². The number of hydrogen-bond donors (Lipinski definition) is 2. The predicted octanol–water partition coefficient (Wildman–Crippen LogP) is 2.75. The number of phenols is 1. The summed E-state index contributed by atoms with van der Waals surface area (Å²) in [5.41, 5.74) is 7.09. The van der Waals surface area contributed by atoms with E-state index in [0.29, 0.717) is 29.5 Å². The average Bonchev–Trinajstić information content (AvgIpc) is 3.10. The van der Waals surface area contributed by atoms with Crippen molar-refractivity contribution in [2.24, 2.45) is 17.3 Å². The lowest BCUT2D eigenvalue weighted by Crippen LogP contribution is -2.34. The van der Waals surface area contributed by atoms with E-state index in [1.807, 2.05) is 6.07 Å². The lowest BCUT2D eigenvalue weighted by atomic mass is 9.70. The molecule has 0 amide bonds. The van der Waals surface area contributed by atoms with Crippen LogP contribution < -0.4 is 10.5 Å². The van der Waals surface area contributed by atoms with Gasteiger partial charge in [-0.15, -0.1) is 10.2 Å². The molecule has 0 aliphatic heterocycles. The number of para-hydroxylation sites is 1. The lowest BCUT2D eigenvalue weighted by molar-refractivity contribution is 0.0683. The number of anilines is 1. The van der Waals surface area contributed by atoms with E-state index < -0.39 is 0 Å². The molecule has 0 saturated heterocycles. The number of phenolic OH excluding ortho intramolecular Hbond substituents is 1. The number of benzene rings is 1. The fourth-order valence-electron chi connectivity index (χ4n) is 4.02. The Labute approximate surface area is 139 Å². The van der Waals surface area contributed by atoms with Gasteiger partial charge in [0.2, 0.25) is 0 Å². The summed E-state index contributed by atoms with van der Waals surface area (Å²) in [6, 6.07) is 11.0. The second kappa shape index (κ2) is 5.38. The van der Waals surface area contributed by atoms with E-state index in [2.05, 4.69) is 16.3 Å². The SMILES string of the molecule is N#CC1CC2(COc3cc(-c4ccccc4O)nnc3N)CC1C2. The maximum absolute atomic E-state index is 9.96. The number of aromatic hydroxyl groups is 1. The number of hydrogen-bond acceptors (Lipinski definition) is 6. The van der Waals surface area contributed by atoms with Crippen molar-refractivity contribution in [3.05, 3.63) is 30.3 Å². The van der Waals surface area contributed by atoms with Crippen molar-refractivity contribution in [2.45, 2.75) is 19.3 Å². The summed E-state index contributed by atoms with van der Waals surface area (Å²) in [7, 11) is 0. The zero-order valence-corrected chi connectivity index (χ0v) is 13.1. The Kier molecular flexibility index (Phi) is 3.31. The molecule has 5 rings (SSSR count). The highest BCUT2D eigenvalue weighted by molar-refractivity contribution is 5.68. The largest absolute Gasteiger partial charge is 0.507 e. The quantitative estimate of drug-likeness (QED) is 0.896. The molecular weight excluding hydrogens is 304 g/mol. The molecule has 0 radical (unpaired) electrons. The number of nitrogens with zero attached hydrogens (tertiary/aromatic N) is 3. The molecule has 3 N–H and O–H groups in total. The zero-order chi connectivity index (χ0) is 16.7. The van der Waals surface area contributed by atoms with Gasteiger partial charge in [0.05, 0.1) is 12.7 Å². The van der Waals surface area contributed by atoms with Crippen LogP contribution >= 0.6 is 0 Å². The molecule has 3 fully saturated rings. The van der Waals surface area contributed by atoms with Crippen LogP contribution in [0.15, 0.2) is 30.3 Å². The molecule has 3 aliphatic carbocycles. The number of nitrogen functional groups attached to an aromatic ring is 1. The molecule has 6 heteroatoms. The maximum atomic E-state index is 9.96. The number of fused-ring (bicyclic) bond motifs is 1. The van der Waals surface area contributed by atoms with E-state index in [0.717, 1.165) is 19.3 Å². The van der Waals surface area contributed by atoms with Crippen LogP contribution in [0.3, 0.4) is 0 Å². The molecule has 3 saturated carbocycles. The summed E-state index contributed by atoms with van der Waals surface area (Å²) in [6.45, 7) is 0.539. The van der Waals surface area contributed by atoms with Crippen LogP contribution in [-0.2, 0) is 0 Å². The van der Waals surface area contributed by atoms with Crippen molar-refractivity contribution in [1.82, 2.24) is 10.2 Å². The average molecular weight is 322 g/mol. The van der Waals surface area contributed by atoms with Crippen molar-refractivity contribution >= 4 is 5.82 Å². The highest BCUT2D eigenvalue weighted by Crippen LogP contribution is 2.61. The van der Waals surface area contributed by atoms with Gasteiger partial charge in [-0.2, -0.15) is 5.26 Å². The number of nitrogens with two attached hydrogens (primary N) is 1. The first-order chi connectivity index (χ1) is 11.6. The third-order valence-electron chi connectivity index (χ3n) is 5.28. The maximum Gasteiger partial charge on any atom is 0.188 e. The third kappa shape index (κ3) is 2.33. The first-order valence-electron chi connectivity index (χ1n) is 8.04. The van der Waals surface area contributed by atoms with Gasteiger partial charge in [-0.3, -0.25) is 0 Å². The van der Waals surface area contributed by atoms with Crippen LogP contribution in [0.2, 0.25) is 0 Å². The normalized spacial score (nSPS) is 27.3.